The first-order valence-corrected chi connectivity index (χ1v) is 5.23. The van der Waals surface area contributed by atoms with Crippen LogP contribution < -0.4 is 0 Å². The fraction of sp³-hybridized carbons (Fsp3) is 0.909. The molecule has 0 rings (SSSR count). The van der Waals surface area contributed by atoms with Crippen LogP contribution in [0.2, 0.25) is 0 Å². The van der Waals surface area contributed by atoms with E-state index in [-0.39, 0.29) is 11.8 Å². The molecule has 0 aromatic rings. The van der Waals surface area contributed by atoms with Crippen LogP contribution >= 0.6 is 0 Å². The largest absolute Gasteiger partial charge is 0.298 e. The predicted molar refractivity (Wildman–Crippen MR) is 56.8 cm³/mol. The molecule has 0 N–H and O–H groups in total. The molecule has 0 aliphatic rings. The molecule has 2 nitrogen and oxygen atoms in total. The van der Waals surface area contributed by atoms with E-state index in [4.69, 9.17) is 0 Å². The minimum Gasteiger partial charge on any atom is -0.298 e. The normalized spacial score (nSPS) is 13.8. The number of nitrogens with zero attached hydrogens (tertiary/aromatic N) is 1. The average Bonchev–Trinajstić information content (AvgIpc) is 2.01. The van der Waals surface area contributed by atoms with Gasteiger partial charge in [0, 0.05) is 6.54 Å². The number of hydrogen-bond acceptors (Lipinski definition) is 2. The highest BCUT2D eigenvalue weighted by molar-refractivity contribution is 5.80. The molecule has 0 spiro atoms. The zero-order valence-corrected chi connectivity index (χ0v) is 9.63. The lowest BCUT2D eigenvalue weighted by molar-refractivity contribution is -0.121. The highest BCUT2D eigenvalue weighted by Gasteiger charge is 2.17. The molecule has 0 aromatic carbocycles. The Hall–Kier alpha value is -0.370. The summed E-state index contributed by atoms with van der Waals surface area (Å²) in [5, 5.41) is 0. The van der Waals surface area contributed by atoms with Crippen LogP contribution in [0, 0.1) is 5.92 Å². The van der Waals surface area contributed by atoms with Crippen molar-refractivity contribution in [2.75, 3.05) is 13.1 Å². The standard InChI is InChI=1S/C11H23NO/c1-6-7-12(8-9(2)3)10(4)11(5)13/h9-10H,6-8H2,1-5H3/t10-/m0/s1. The van der Waals surface area contributed by atoms with E-state index in [9.17, 15) is 4.79 Å². The van der Waals surface area contributed by atoms with E-state index < -0.39 is 0 Å². The van der Waals surface area contributed by atoms with Gasteiger partial charge in [-0.3, -0.25) is 9.69 Å². The van der Waals surface area contributed by atoms with Crippen LogP contribution in [-0.2, 0) is 4.79 Å². The number of carbonyl (C=O) groups is 1. The molecule has 0 amide bonds. The summed E-state index contributed by atoms with van der Waals surface area (Å²) in [4.78, 5) is 13.5. The summed E-state index contributed by atoms with van der Waals surface area (Å²) in [6.45, 7) is 12.3. The molecule has 0 heterocycles. The van der Waals surface area contributed by atoms with Crippen LogP contribution in [0.25, 0.3) is 0 Å². The second-order valence-electron chi connectivity index (χ2n) is 4.18. The molecule has 0 fully saturated rings. The zero-order chi connectivity index (χ0) is 10.4. The second-order valence-corrected chi connectivity index (χ2v) is 4.18. The van der Waals surface area contributed by atoms with Crippen LogP contribution in [0.4, 0.5) is 0 Å². The molecule has 0 saturated heterocycles. The van der Waals surface area contributed by atoms with Crippen molar-refractivity contribution in [3.8, 4) is 0 Å². The second kappa shape index (κ2) is 6.14. The topological polar surface area (TPSA) is 20.3 Å². The molecule has 1 atom stereocenters. The molecule has 0 aliphatic heterocycles. The highest BCUT2D eigenvalue weighted by atomic mass is 16.1. The van der Waals surface area contributed by atoms with E-state index in [2.05, 4.69) is 25.7 Å². The van der Waals surface area contributed by atoms with E-state index in [0.29, 0.717) is 5.92 Å². The Kier molecular flexibility index (Phi) is 5.97. The van der Waals surface area contributed by atoms with Crippen molar-refractivity contribution in [3.63, 3.8) is 0 Å². The maximum absolute atomic E-state index is 11.2. The zero-order valence-electron chi connectivity index (χ0n) is 9.63. The van der Waals surface area contributed by atoms with Gasteiger partial charge in [-0.2, -0.15) is 0 Å². The van der Waals surface area contributed by atoms with E-state index in [0.717, 1.165) is 19.5 Å². The Morgan fingerprint density at radius 1 is 1.31 bits per heavy atom. The van der Waals surface area contributed by atoms with Gasteiger partial charge in [0.2, 0.25) is 0 Å². The molecule has 0 saturated carbocycles. The van der Waals surface area contributed by atoms with Gasteiger partial charge in [0.1, 0.15) is 5.78 Å². The highest BCUT2D eigenvalue weighted by Crippen LogP contribution is 2.06. The molecule has 13 heavy (non-hydrogen) atoms. The van der Waals surface area contributed by atoms with E-state index in [1.54, 1.807) is 6.92 Å². The van der Waals surface area contributed by atoms with Gasteiger partial charge in [-0.15, -0.1) is 0 Å². The first kappa shape index (κ1) is 12.6. The van der Waals surface area contributed by atoms with Crippen molar-refractivity contribution in [1.29, 1.82) is 0 Å². The molecule has 0 aliphatic carbocycles. The lowest BCUT2D eigenvalue weighted by Gasteiger charge is -2.28. The minimum atomic E-state index is 0.0855. The molecule has 0 radical (unpaired) electrons. The third-order valence-corrected chi connectivity index (χ3v) is 2.25. The Morgan fingerprint density at radius 3 is 2.15 bits per heavy atom. The van der Waals surface area contributed by atoms with Gasteiger partial charge in [0.15, 0.2) is 0 Å². The van der Waals surface area contributed by atoms with Gasteiger partial charge >= 0.3 is 0 Å². The van der Waals surface area contributed by atoms with Gasteiger partial charge in [-0.05, 0) is 32.7 Å². The summed E-state index contributed by atoms with van der Waals surface area (Å²) in [7, 11) is 0. The Balaban J connectivity index is 4.14. The Labute approximate surface area is 82.3 Å². The number of rotatable bonds is 6. The number of hydrogen-bond donors (Lipinski definition) is 0. The summed E-state index contributed by atoms with van der Waals surface area (Å²) in [6, 6.07) is 0.0855. The molecule has 0 unspecified atom stereocenters. The molecule has 78 valence electrons. The van der Waals surface area contributed by atoms with Gasteiger partial charge < -0.3 is 0 Å². The number of Topliss-reactive ketones (excluding diaryl/α,β-unsaturated/α-hetero) is 1. The third-order valence-electron chi connectivity index (χ3n) is 2.25. The van der Waals surface area contributed by atoms with Gasteiger partial charge in [-0.25, -0.2) is 0 Å². The van der Waals surface area contributed by atoms with Gasteiger partial charge in [-0.1, -0.05) is 20.8 Å². The van der Waals surface area contributed by atoms with Crippen molar-refractivity contribution < 1.29 is 4.79 Å². The minimum absolute atomic E-state index is 0.0855. The molecular weight excluding hydrogens is 162 g/mol. The summed E-state index contributed by atoms with van der Waals surface area (Å²) in [5.74, 6) is 0.905. The molecule has 0 aromatic heterocycles. The van der Waals surface area contributed by atoms with Crippen molar-refractivity contribution in [1.82, 2.24) is 4.90 Å². The number of ketones is 1. The van der Waals surface area contributed by atoms with Crippen LogP contribution in [0.1, 0.15) is 41.0 Å². The van der Waals surface area contributed by atoms with E-state index >= 15 is 0 Å². The quantitative estimate of drug-likeness (QED) is 0.633. The SMILES string of the molecule is CCCN(CC(C)C)[C@@H](C)C(C)=O. The molecule has 2 heteroatoms. The molecular formula is C11H23NO. The Morgan fingerprint density at radius 2 is 1.85 bits per heavy atom. The maximum atomic E-state index is 11.2. The monoisotopic (exact) mass is 185 g/mol. The summed E-state index contributed by atoms with van der Waals surface area (Å²) >= 11 is 0. The average molecular weight is 185 g/mol. The van der Waals surface area contributed by atoms with Crippen molar-refractivity contribution in [2.45, 2.75) is 47.1 Å². The summed E-state index contributed by atoms with van der Waals surface area (Å²) in [6.07, 6.45) is 1.12. The Bertz CT molecular complexity index is 154. The number of carbonyl (C=O) groups excluding carboxylic acids is 1. The predicted octanol–water partition coefficient (Wildman–Crippen LogP) is 2.33. The fourth-order valence-electron chi connectivity index (χ4n) is 1.46. The van der Waals surface area contributed by atoms with Crippen LogP contribution in [-0.4, -0.2) is 29.8 Å². The van der Waals surface area contributed by atoms with Gasteiger partial charge in [0.25, 0.3) is 0 Å². The van der Waals surface area contributed by atoms with Crippen molar-refractivity contribution >= 4 is 5.78 Å². The lowest BCUT2D eigenvalue weighted by atomic mass is 10.1. The van der Waals surface area contributed by atoms with Crippen LogP contribution in [0.5, 0.6) is 0 Å². The van der Waals surface area contributed by atoms with Crippen LogP contribution in [0.15, 0.2) is 0 Å². The maximum Gasteiger partial charge on any atom is 0.146 e. The summed E-state index contributed by atoms with van der Waals surface area (Å²) < 4.78 is 0. The smallest absolute Gasteiger partial charge is 0.146 e. The first-order chi connectivity index (χ1) is 5.99. The van der Waals surface area contributed by atoms with Crippen molar-refractivity contribution in [3.05, 3.63) is 0 Å². The van der Waals surface area contributed by atoms with E-state index in [1.165, 1.54) is 0 Å². The fourth-order valence-corrected chi connectivity index (χ4v) is 1.46. The van der Waals surface area contributed by atoms with E-state index in [1.807, 2.05) is 6.92 Å². The lowest BCUT2D eigenvalue weighted by Crippen LogP contribution is -2.40. The first-order valence-electron chi connectivity index (χ1n) is 5.23. The summed E-state index contributed by atoms with van der Waals surface area (Å²) in [5.41, 5.74) is 0. The molecule has 0 bridgehead atoms. The van der Waals surface area contributed by atoms with Gasteiger partial charge in [0.05, 0.1) is 6.04 Å². The van der Waals surface area contributed by atoms with Crippen molar-refractivity contribution in [2.24, 2.45) is 5.92 Å². The van der Waals surface area contributed by atoms with Crippen LogP contribution in [0.3, 0.4) is 0 Å². The third kappa shape index (κ3) is 5.04.